The van der Waals surface area contributed by atoms with E-state index in [4.69, 9.17) is 11.5 Å². The maximum atomic E-state index is 13.8. The summed E-state index contributed by atoms with van der Waals surface area (Å²) >= 11 is 2.98. The zero-order valence-corrected chi connectivity index (χ0v) is 12.8. The molecule has 0 unspecified atom stereocenters. The number of carbonyl (C=O) groups excluding carboxylic acids is 1. The molecule has 0 amide bonds. The summed E-state index contributed by atoms with van der Waals surface area (Å²) in [6.07, 6.45) is 0. The smallest absolute Gasteiger partial charge is 0.379 e. The first-order valence-electron chi connectivity index (χ1n) is 5.30. The lowest BCUT2D eigenvalue weighted by Crippen LogP contribution is -2.42. The van der Waals surface area contributed by atoms with Crippen molar-refractivity contribution >= 4 is 40.0 Å². The molecule has 0 aliphatic heterocycles. The molecule has 1 atom stereocenters. The van der Waals surface area contributed by atoms with Gasteiger partial charge in [-0.25, -0.2) is 4.79 Å². The summed E-state index contributed by atoms with van der Waals surface area (Å²) in [5.74, 6) is -6.33. The highest BCUT2D eigenvalue weighted by Gasteiger charge is 2.49. The lowest BCUT2D eigenvalue weighted by Gasteiger charge is -2.23. The van der Waals surface area contributed by atoms with Gasteiger partial charge in [0.1, 0.15) is 11.8 Å². The van der Waals surface area contributed by atoms with Gasteiger partial charge in [0.05, 0.1) is 12.3 Å². The standard InChI is InChI=1S/C11H13BrF2N2O3.ClH/c1-2-19-10(18)11(13,14)9(16)7-5(12)3-4-6(15)8(7)17;/h3-4,9,17H,2,15-16H2,1H3;1H/t9-;/m0./s1. The number of carbonyl (C=O) groups is 1. The summed E-state index contributed by atoms with van der Waals surface area (Å²) in [5.41, 5.74) is 10.3. The number of ether oxygens (including phenoxy) is 1. The summed E-state index contributed by atoms with van der Waals surface area (Å²) in [6.45, 7) is 1.19. The van der Waals surface area contributed by atoms with Gasteiger partial charge in [-0.1, -0.05) is 15.9 Å². The number of anilines is 1. The predicted octanol–water partition coefficient (Wildman–Crippen LogP) is 2.36. The first-order valence-corrected chi connectivity index (χ1v) is 6.10. The molecular formula is C11H14BrClF2N2O3. The second kappa shape index (κ2) is 7.05. The number of rotatable bonds is 4. The van der Waals surface area contributed by atoms with E-state index in [9.17, 15) is 18.7 Å². The molecule has 0 radical (unpaired) electrons. The van der Waals surface area contributed by atoms with Gasteiger partial charge < -0.3 is 21.3 Å². The summed E-state index contributed by atoms with van der Waals surface area (Å²) < 4.78 is 32.0. The zero-order valence-electron chi connectivity index (χ0n) is 10.4. The first-order chi connectivity index (χ1) is 8.73. The average molecular weight is 376 g/mol. The summed E-state index contributed by atoms with van der Waals surface area (Å²) in [5, 5.41) is 9.70. The van der Waals surface area contributed by atoms with Gasteiger partial charge in [0.15, 0.2) is 0 Å². The van der Waals surface area contributed by atoms with Gasteiger partial charge in [-0.15, -0.1) is 12.4 Å². The second-order valence-corrected chi connectivity index (χ2v) is 4.57. The van der Waals surface area contributed by atoms with Gasteiger partial charge in [-0.05, 0) is 19.1 Å². The van der Waals surface area contributed by atoms with Gasteiger partial charge >= 0.3 is 11.9 Å². The van der Waals surface area contributed by atoms with Gasteiger partial charge in [-0.3, -0.25) is 0 Å². The monoisotopic (exact) mass is 374 g/mol. The van der Waals surface area contributed by atoms with E-state index in [-0.39, 0.29) is 34.7 Å². The molecule has 1 aromatic carbocycles. The molecule has 0 aliphatic rings. The van der Waals surface area contributed by atoms with Crippen LogP contribution in [-0.4, -0.2) is 23.6 Å². The van der Waals surface area contributed by atoms with Crippen LogP contribution in [0.5, 0.6) is 5.75 Å². The molecule has 0 heterocycles. The number of alkyl halides is 2. The van der Waals surface area contributed by atoms with Gasteiger partial charge in [0.25, 0.3) is 0 Å². The van der Waals surface area contributed by atoms with Crippen LogP contribution >= 0.6 is 28.3 Å². The molecule has 0 spiro atoms. The Morgan fingerprint density at radius 1 is 1.55 bits per heavy atom. The lowest BCUT2D eigenvalue weighted by molar-refractivity contribution is -0.174. The Bertz CT molecular complexity index is 503. The largest absolute Gasteiger partial charge is 0.505 e. The van der Waals surface area contributed by atoms with E-state index < -0.39 is 23.7 Å². The van der Waals surface area contributed by atoms with E-state index >= 15 is 0 Å². The number of hydrogen-bond donors (Lipinski definition) is 3. The van der Waals surface area contributed by atoms with E-state index in [2.05, 4.69) is 20.7 Å². The molecule has 20 heavy (non-hydrogen) atoms. The molecule has 0 fully saturated rings. The van der Waals surface area contributed by atoms with Crippen molar-refractivity contribution in [1.29, 1.82) is 0 Å². The van der Waals surface area contributed by atoms with Crippen molar-refractivity contribution < 1.29 is 23.4 Å². The minimum Gasteiger partial charge on any atom is -0.505 e. The van der Waals surface area contributed by atoms with E-state index in [1.807, 2.05) is 0 Å². The van der Waals surface area contributed by atoms with Crippen LogP contribution in [0.3, 0.4) is 0 Å². The number of nitrogens with two attached hydrogens (primary N) is 2. The maximum Gasteiger partial charge on any atom is 0.379 e. The minimum absolute atomic E-state index is 0. The molecule has 0 saturated carbocycles. The molecule has 1 rings (SSSR count). The van der Waals surface area contributed by atoms with Crippen LogP contribution in [0.15, 0.2) is 16.6 Å². The average Bonchev–Trinajstić information content (AvgIpc) is 2.34. The third-order valence-corrected chi connectivity index (χ3v) is 3.14. The highest BCUT2D eigenvalue weighted by Crippen LogP contribution is 2.41. The van der Waals surface area contributed by atoms with Crippen molar-refractivity contribution in [3.63, 3.8) is 0 Å². The minimum atomic E-state index is -3.98. The fourth-order valence-corrected chi connectivity index (χ4v) is 2.00. The highest BCUT2D eigenvalue weighted by atomic mass is 79.9. The van der Waals surface area contributed by atoms with Crippen molar-refractivity contribution in [2.24, 2.45) is 5.73 Å². The van der Waals surface area contributed by atoms with Crippen molar-refractivity contribution in [2.75, 3.05) is 12.3 Å². The number of benzene rings is 1. The summed E-state index contributed by atoms with van der Waals surface area (Å²) in [7, 11) is 0. The number of phenols is 1. The van der Waals surface area contributed by atoms with Crippen molar-refractivity contribution in [2.45, 2.75) is 18.9 Å². The Kier molecular flexibility index (Phi) is 6.66. The Balaban J connectivity index is 0.00000361. The molecule has 114 valence electrons. The Morgan fingerprint density at radius 2 is 2.10 bits per heavy atom. The lowest BCUT2D eigenvalue weighted by atomic mass is 9.99. The number of esters is 1. The normalized spacial score (nSPS) is 12.4. The molecule has 0 bridgehead atoms. The third kappa shape index (κ3) is 3.50. The van der Waals surface area contributed by atoms with Crippen LogP contribution in [0.1, 0.15) is 18.5 Å². The van der Waals surface area contributed by atoms with Crippen LogP contribution in [0.2, 0.25) is 0 Å². The fourth-order valence-electron chi connectivity index (χ4n) is 1.43. The Labute approximate surface area is 128 Å². The summed E-state index contributed by atoms with van der Waals surface area (Å²) in [6, 6.07) is 0.591. The van der Waals surface area contributed by atoms with Crippen molar-refractivity contribution in [1.82, 2.24) is 0 Å². The fraction of sp³-hybridized carbons (Fsp3) is 0.364. The maximum absolute atomic E-state index is 13.8. The summed E-state index contributed by atoms with van der Waals surface area (Å²) in [4.78, 5) is 11.2. The van der Waals surface area contributed by atoms with Gasteiger partial charge in [0, 0.05) is 10.0 Å². The molecule has 5 N–H and O–H groups in total. The number of halogens is 4. The predicted molar refractivity (Wildman–Crippen MR) is 76.0 cm³/mol. The van der Waals surface area contributed by atoms with E-state index in [0.29, 0.717) is 0 Å². The van der Waals surface area contributed by atoms with E-state index in [1.54, 1.807) is 0 Å². The molecule has 0 aliphatic carbocycles. The number of phenolic OH excluding ortho intramolecular Hbond substituents is 1. The number of hydrogen-bond acceptors (Lipinski definition) is 5. The van der Waals surface area contributed by atoms with E-state index in [0.717, 1.165) is 0 Å². The first kappa shape index (κ1) is 18.9. The van der Waals surface area contributed by atoms with Crippen LogP contribution < -0.4 is 11.5 Å². The second-order valence-electron chi connectivity index (χ2n) is 3.72. The molecule has 0 aromatic heterocycles. The van der Waals surface area contributed by atoms with Crippen molar-refractivity contribution in [3.8, 4) is 5.75 Å². The third-order valence-electron chi connectivity index (χ3n) is 2.44. The quantitative estimate of drug-likeness (QED) is 0.426. The molecule has 5 nitrogen and oxygen atoms in total. The number of aromatic hydroxyl groups is 1. The Morgan fingerprint density at radius 3 is 2.60 bits per heavy atom. The molecular weight excluding hydrogens is 361 g/mol. The Hall–Kier alpha value is -1.12. The SMILES string of the molecule is CCOC(=O)C(F)(F)[C@@H](N)c1c(Br)ccc(N)c1O.Cl. The van der Waals surface area contributed by atoms with E-state index in [1.165, 1.54) is 19.1 Å². The van der Waals surface area contributed by atoms with Gasteiger partial charge in [0.2, 0.25) is 0 Å². The van der Waals surface area contributed by atoms with Crippen LogP contribution in [0.4, 0.5) is 14.5 Å². The molecule has 0 saturated heterocycles. The molecule has 9 heteroatoms. The van der Waals surface area contributed by atoms with Crippen LogP contribution in [0, 0.1) is 0 Å². The van der Waals surface area contributed by atoms with Gasteiger partial charge in [-0.2, -0.15) is 8.78 Å². The van der Waals surface area contributed by atoms with Crippen molar-refractivity contribution in [3.05, 3.63) is 22.2 Å². The van der Waals surface area contributed by atoms with Crippen LogP contribution in [-0.2, 0) is 9.53 Å². The van der Waals surface area contributed by atoms with Crippen LogP contribution in [0.25, 0.3) is 0 Å². The zero-order chi connectivity index (χ0) is 14.8. The highest BCUT2D eigenvalue weighted by molar-refractivity contribution is 9.10. The molecule has 1 aromatic rings. The number of nitrogen functional groups attached to an aromatic ring is 1. The topological polar surface area (TPSA) is 98.6 Å².